The van der Waals surface area contributed by atoms with Gasteiger partial charge in [0.2, 0.25) is 11.8 Å². The molecule has 0 bridgehead atoms. The summed E-state index contributed by atoms with van der Waals surface area (Å²) in [7, 11) is 2.03. The Morgan fingerprint density at radius 3 is 2.59 bits per heavy atom. The van der Waals surface area contributed by atoms with Crippen molar-refractivity contribution in [1.29, 1.82) is 0 Å². The summed E-state index contributed by atoms with van der Waals surface area (Å²) in [5, 5.41) is 9.08. The smallest absolute Gasteiger partial charge is 0.248 e. The highest BCUT2D eigenvalue weighted by atomic mass is 16.5. The molecule has 1 aliphatic heterocycles. The van der Waals surface area contributed by atoms with Crippen molar-refractivity contribution in [1.82, 2.24) is 0 Å². The van der Waals surface area contributed by atoms with E-state index in [4.69, 9.17) is 15.6 Å². The van der Waals surface area contributed by atoms with Gasteiger partial charge in [-0.05, 0) is 54.7 Å². The molecule has 1 unspecified atom stereocenters. The lowest BCUT2D eigenvalue weighted by atomic mass is 9.78. The summed E-state index contributed by atoms with van der Waals surface area (Å²) < 4.78 is 5.61. The van der Waals surface area contributed by atoms with E-state index in [1.54, 1.807) is 13.0 Å². The van der Waals surface area contributed by atoms with Crippen LogP contribution in [0.1, 0.15) is 48.7 Å². The summed E-state index contributed by atoms with van der Waals surface area (Å²) in [6.07, 6.45) is 2.24. The van der Waals surface area contributed by atoms with Gasteiger partial charge >= 0.3 is 0 Å². The lowest BCUT2D eigenvalue weighted by molar-refractivity contribution is -0.117. The number of nitrogens with zero attached hydrogens (tertiary/aromatic N) is 2. The van der Waals surface area contributed by atoms with Crippen LogP contribution in [0.25, 0.3) is 0 Å². The van der Waals surface area contributed by atoms with Gasteiger partial charge in [0.15, 0.2) is 0 Å². The Morgan fingerprint density at radius 2 is 1.97 bits per heavy atom. The van der Waals surface area contributed by atoms with E-state index >= 15 is 0 Å². The van der Waals surface area contributed by atoms with Crippen molar-refractivity contribution in [3.63, 3.8) is 0 Å². The first-order valence-corrected chi connectivity index (χ1v) is 11.1. The van der Waals surface area contributed by atoms with Crippen molar-refractivity contribution in [2.75, 3.05) is 30.1 Å². The van der Waals surface area contributed by atoms with E-state index in [0.29, 0.717) is 17.2 Å². The maximum Gasteiger partial charge on any atom is 0.248 e. The molecule has 3 atom stereocenters. The number of hydrogen-bond donors (Lipinski definition) is 2. The summed E-state index contributed by atoms with van der Waals surface area (Å²) in [6, 6.07) is 13.2. The van der Waals surface area contributed by atoms with Crippen molar-refractivity contribution in [3.05, 3.63) is 53.6 Å². The van der Waals surface area contributed by atoms with Crippen molar-refractivity contribution < 1.29 is 19.4 Å². The Balaban J connectivity index is 1.81. The molecule has 7 nitrogen and oxygen atoms in total. The van der Waals surface area contributed by atoms with Crippen LogP contribution in [0.5, 0.6) is 5.75 Å². The summed E-state index contributed by atoms with van der Waals surface area (Å²) in [5.41, 5.74) is 8.75. The van der Waals surface area contributed by atoms with E-state index < -0.39 is 5.91 Å². The maximum absolute atomic E-state index is 12.7. The highest BCUT2D eigenvalue weighted by Crippen LogP contribution is 2.51. The molecule has 1 heterocycles. The van der Waals surface area contributed by atoms with Crippen LogP contribution in [0, 0.1) is 11.8 Å². The number of hydrogen-bond acceptors (Lipinski definition) is 5. The zero-order valence-corrected chi connectivity index (χ0v) is 18.8. The summed E-state index contributed by atoms with van der Waals surface area (Å²) in [4.78, 5) is 28.8. The molecule has 0 radical (unpaired) electrons. The van der Waals surface area contributed by atoms with Gasteiger partial charge in [-0.1, -0.05) is 13.0 Å². The molecule has 0 aromatic heterocycles. The Kier molecular flexibility index (Phi) is 6.11. The van der Waals surface area contributed by atoms with Gasteiger partial charge in [0.25, 0.3) is 0 Å². The number of primary amides is 1. The molecule has 1 aliphatic carbocycles. The molecular formula is C25H31N3O4. The molecule has 4 rings (SSSR count). The van der Waals surface area contributed by atoms with Crippen LogP contribution < -0.4 is 20.3 Å². The Hall–Kier alpha value is -3.06. The second kappa shape index (κ2) is 8.82. The third-order valence-corrected chi connectivity index (χ3v) is 6.67. The third kappa shape index (κ3) is 4.05. The normalized spacial score (nSPS) is 22.2. The molecule has 7 heteroatoms. The summed E-state index contributed by atoms with van der Waals surface area (Å²) >= 11 is 0. The first-order valence-electron chi connectivity index (χ1n) is 11.1. The minimum atomic E-state index is -0.486. The van der Waals surface area contributed by atoms with Crippen LogP contribution in [0.15, 0.2) is 42.5 Å². The van der Waals surface area contributed by atoms with Gasteiger partial charge in [-0.2, -0.15) is 0 Å². The number of amides is 2. The quantitative estimate of drug-likeness (QED) is 0.694. The topological polar surface area (TPSA) is 96.1 Å². The number of aliphatic hydroxyl groups is 1. The lowest BCUT2D eigenvalue weighted by Crippen LogP contribution is -2.52. The number of benzene rings is 2. The zero-order chi connectivity index (χ0) is 23.0. The maximum atomic E-state index is 12.7. The lowest BCUT2D eigenvalue weighted by Gasteiger charge is -2.48. The van der Waals surface area contributed by atoms with Gasteiger partial charge in [-0.25, -0.2) is 0 Å². The van der Waals surface area contributed by atoms with Crippen LogP contribution in [0.2, 0.25) is 0 Å². The zero-order valence-electron chi connectivity index (χ0n) is 18.8. The number of carbonyl (C=O) groups is 2. The van der Waals surface area contributed by atoms with Crippen LogP contribution in [-0.2, 0) is 4.79 Å². The highest BCUT2D eigenvalue weighted by molar-refractivity contribution is 5.97. The molecule has 170 valence electrons. The highest BCUT2D eigenvalue weighted by Gasteiger charge is 2.48. The average Bonchev–Trinajstić information content (AvgIpc) is 3.61. The molecule has 2 aliphatic rings. The molecule has 1 fully saturated rings. The van der Waals surface area contributed by atoms with E-state index in [1.165, 1.54) is 0 Å². The molecule has 3 N–H and O–H groups in total. The fourth-order valence-electron chi connectivity index (χ4n) is 5.17. The first-order chi connectivity index (χ1) is 15.3. The van der Waals surface area contributed by atoms with Crippen LogP contribution >= 0.6 is 0 Å². The molecule has 2 amide bonds. The molecule has 2 aromatic carbocycles. The summed E-state index contributed by atoms with van der Waals surface area (Å²) in [6.45, 7) is 3.98. The fourth-order valence-corrected chi connectivity index (χ4v) is 5.17. The van der Waals surface area contributed by atoms with Gasteiger partial charge in [0, 0.05) is 48.9 Å². The number of fused-ring (bicyclic) bond motifs is 1. The van der Waals surface area contributed by atoms with Gasteiger partial charge < -0.3 is 25.4 Å². The van der Waals surface area contributed by atoms with Gasteiger partial charge in [0.05, 0.1) is 12.6 Å². The molecule has 0 spiro atoms. The van der Waals surface area contributed by atoms with E-state index in [-0.39, 0.29) is 37.1 Å². The van der Waals surface area contributed by atoms with Crippen molar-refractivity contribution in [2.24, 2.45) is 17.6 Å². The molecule has 2 aromatic rings. The predicted molar refractivity (Wildman–Crippen MR) is 124 cm³/mol. The van der Waals surface area contributed by atoms with E-state index in [1.807, 2.05) is 48.3 Å². The number of aliphatic hydroxyl groups excluding tert-OH is 1. The van der Waals surface area contributed by atoms with Gasteiger partial charge in [-0.3, -0.25) is 9.59 Å². The largest absolute Gasteiger partial charge is 0.491 e. The fraction of sp³-hybridized carbons (Fsp3) is 0.440. The molecular weight excluding hydrogens is 406 g/mol. The number of ether oxygens (including phenoxy) is 1. The number of rotatable bonds is 7. The van der Waals surface area contributed by atoms with Crippen molar-refractivity contribution >= 4 is 23.2 Å². The van der Waals surface area contributed by atoms with Gasteiger partial charge in [-0.15, -0.1) is 0 Å². The number of nitrogens with two attached hydrogens (primary N) is 1. The second-order valence-corrected chi connectivity index (χ2v) is 8.84. The van der Waals surface area contributed by atoms with E-state index in [9.17, 15) is 9.59 Å². The monoisotopic (exact) mass is 437 g/mol. The first kappa shape index (κ1) is 22.1. The standard InChI is InChI=1S/C25H31N3O4/c1-15-23(17-7-8-17)28(16(2)30)22-10-9-18(25(26)31)13-21(22)24(15)27(3)19-5-4-6-20(14-19)32-12-11-29/h4-6,9-10,13-15,17,23-24,29H,7-8,11-12H2,1-3H3,(H2,26,31)/t15?,23-,24-/m1/s1. The van der Waals surface area contributed by atoms with Gasteiger partial charge in [0.1, 0.15) is 12.4 Å². The van der Waals surface area contributed by atoms with Crippen LogP contribution in [0.4, 0.5) is 11.4 Å². The summed E-state index contributed by atoms with van der Waals surface area (Å²) in [5.74, 6) is 0.825. The minimum Gasteiger partial charge on any atom is -0.491 e. The van der Waals surface area contributed by atoms with Crippen LogP contribution in [-0.4, -0.2) is 43.2 Å². The number of carbonyl (C=O) groups excluding carboxylic acids is 2. The molecule has 0 saturated heterocycles. The SMILES string of the molecule is CC(=O)N1c2ccc(C(N)=O)cc2[C@H](N(C)c2cccc(OCCO)c2)C(C)[C@@H]1C1CC1. The Labute approximate surface area is 188 Å². The van der Waals surface area contributed by atoms with Crippen molar-refractivity contribution in [2.45, 2.75) is 38.8 Å². The Bertz CT molecular complexity index is 1020. The molecule has 32 heavy (non-hydrogen) atoms. The van der Waals surface area contributed by atoms with E-state index in [2.05, 4.69) is 11.8 Å². The minimum absolute atomic E-state index is 0.0160. The Morgan fingerprint density at radius 1 is 1.22 bits per heavy atom. The van der Waals surface area contributed by atoms with Crippen LogP contribution in [0.3, 0.4) is 0 Å². The number of anilines is 2. The average molecular weight is 438 g/mol. The third-order valence-electron chi connectivity index (χ3n) is 6.67. The molecule has 1 saturated carbocycles. The second-order valence-electron chi connectivity index (χ2n) is 8.84. The van der Waals surface area contributed by atoms with E-state index in [0.717, 1.165) is 29.8 Å². The van der Waals surface area contributed by atoms with Crippen molar-refractivity contribution in [3.8, 4) is 5.75 Å². The predicted octanol–water partition coefficient (Wildman–Crippen LogP) is 3.12.